The number of sulfonamides is 1. The molecule has 0 aliphatic carbocycles. The number of nitrogens with zero attached hydrogens (tertiary/aromatic N) is 1. The molecule has 0 fully saturated rings. The fourth-order valence-corrected chi connectivity index (χ4v) is 3.25. The van der Waals surface area contributed by atoms with Crippen LogP contribution in [0.1, 0.15) is 12.5 Å². The zero-order chi connectivity index (χ0) is 15.5. The van der Waals surface area contributed by atoms with Crippen molar-refractivity contribution >= 4 is 39.7 Å². The van der Waals surface area contributed by atoms with E-state index in [1.165, 1.54) is 12.1 Å². The molecule has 10 heteroatoms. The predicted molar refractivity (Wildman–Crippen MR) is 83.8 cm³/mol. The van der Waals surface area contributed by atoms with Crippen molar-refractivity contribution in [3.8, 4) is 0 Å². The molecule has 7 nitrogen and oxygen atoms in total. The Morgan fingerprint density at radius 3 is 2.48 bits per heavy atom. The van der Waals surface area contributed by atoms with Crippen LogP contribution in [-0.2, 0) is 10.0 Å². The van der Waals surface area contributed by atoms with E-state index in [-0.39, 0.29) is 34.9 Å². The van der Waals surface area contributed by atoms with Crippen LogP contribution < -0.4 is 10.0 Å². The highest BCUT2D eigenvalue weighted by Gasteiger charge is 2.25. The maximum atomic E-state index is 12.2. The van der Waals surface area contributed by atoms with Crippen molar-refractivity contribution in [2.45, 2.75) is 24.8 Å². The highest BCUT2D eigenvalue weighted by atomic mass is 35.5. The lowest BCUT2D eigenvalue weighted by Gasteiger charge is -2.13. The maximum Gasteiger partial charge on any atom is 0.289 e. The summed E-state index contributed by atoms with van der Waals surface area (Å²) in [7, 11) is -2.20. The minimum atomic E-state index is -3.90. The van der Waals surface area contributed by atoms with Gasteiger partial charge < -0.3 is 5.32 Å². The molecule has 0 heterocycles. The molecule has 0 bridgehead atoms. The molecule has 0 spiro atoms. The average Bonchev–Trinajstić information content (AvgIpc) is 2.37. The van der Waals surface area contributed by atoms with Gasteiger partial charge >= 0.3 is 0 Å². The summed E-state index contributed by atoms with van der Waals surface area (Å²) in [5.41, 5.74) is 0.0249. The molecular weight excluding hydrogens is 341 g/mol. The molecule has 0 saturated carbocycles. The fourth-order valence-electron chi connectivity index (χ4n) is 1.46. The van der Waals surface area contributed by atoms with Gasteiger partial charge in [-0.25, -0.2) is 13.1 Å². The molecule has 1 aromatic rings. The van der Waals surface area contributed by atoms with Crippen molar-refractivity contribution in [3.05, 3.63) is 32.8 Å². The van der Waals surface area contributed by atoms with Gasteiger partial charge in [0.25, 0.3) is 5.69 Å². The van der Waals surface area contributed by atoms with Crippen LogP contribution in [0.4, 0.5) is 5.69 Å². The Labute approximate surface area is 134 Å². The summed E-state index contributed by atoms with van der Waals surface area (Å²) in [6.45, 7) is 3.51. The van der Waals surface area contributed by atoms with E-state index in [0.29, 0.717) is 5.56 Å². The van der Waals surface area contributed by atoms with Crippen molar-refractivity contribution in [1.29, 1.82) is 0 Å². The molecule has 1 unspecified atom stereocenters. The number of nitro benzene ring substituents is 1. The van der Waals surface area contributed by atoms with E-state index in [0.717, 1.165) is 0 Å². The lowest BCUT2D eigenvalue weighted by atomic mass is 10.2. The zero-order valence-corrected chi connectivity index (χ0v) is 14.1. The van der Waals surface area contributed by atoms with Crippen molar-refractivity contribution in [1.82, 2.24) is 10.0 Å². The molecule has 2 N–H and O–H groups in total. The summed E-state index contributed by atoms with van der Waals surface area (Å²) in [6.07, 6.45) is 0. The molecule has 0 saturated heterocycles. The maximum absolute atomic E-state index is 12.2. The van der Waals surface area contributed by atoms with Crippen molar-refractivity contribution in [2.24, 2.45) is 0 Å². The fraction of sp³-hybridized carbons (Fsp3) is 0.455. The van der Waals surface area contributed by atoms with E-state index in [1.54, 1.807) is 20.9 Å². The van der Waals surface area contributed by atoms with Gasteiger partial charge in [0.2, 0.25) is 10.0 Å². The second-order valence-corrected chi connectivity index (χ2v) is 6.51. The van der Waals surface area contributed by atoms with Crippen LogP contribution in [0.3, 0.4) is 0 Å². The predicted octanol–water partition coefficient (Wildman–Crippen LogP) is 1.86. The molecule has 0 aliphatic heterocycles. The van der Waals surface area contributed by atoms with Crippen LogP contribution in [0.2, 0.25) is 5.02 Å². The Bertz CT molecular complexity index is 622. The number of rotatable bonds is 6. The first-order valence-corrected chi connectivity index (χ1v) is 7.66. The normalized spacial score (nSPS) is 12.6. The molecule has 0 radical (unpaired) electrons. The van der Waals surface area contributed by atoms with Crippen molar-refractivity contribution in [2.75, 3.05) is 13.6 Å². The summed E-state index contributed by atoms with van der Waals surface area (Å²) in [5.74, 6) is 0. The first kappa shape index (κ1) is 20.1. The molecule has 0 aromatic heterocycles. The summed E-state index contributed by atoms with van der Waals surface area (Å²) < 4.78 is 26.7. The second-order valence-electron chi connectivity index (χ2n) is 4.39. The van der Waals surface area contributed by atoms with Crippen LogP contribution in [0.25, 0.3) is 0 Å². The van der Waals surface area contributed by atoms with E-state index in [4.69, 9.17) is 11.6 Å². The van der Waals surface area contributed by atoms with Crippen molar-refractivity contribution < 1.29 is 13.3 Å². The third-order valence-corrected chi connectivity index (χ3v) is 4.68. The van der Waals surface area contributed by atoms with Crippen LogP contribution in [-0.4, -0.2) is 33.0 Å². The highest BCUT2D eigenvalue weighted by Crippen LogP contribution is 2.32. The van der Waals surface area contributed by atoms with E-state index >= 15 is 0 Å². The van der Waals surface area contributed by atoms with Gasteiger partial charge in [-0.15, -0.1) is 12.4 Å². The Morgan fingerprint density at radius 1 is 1.43 bits per heavy atom. The Hall–Kier alpha value is -0.930. The summed E-state index contributed by atoms with van der Waals surface area (Å²) in [6, 6.07) is 2.46. The number of nitro groups is 1. The summed E-state index contributed by atoms with van der Waals surface area (Å²) >= 11 is 5.83. The number of nitrogens with one attached hydrogen (secondary N) is 2. The molecular formula is C11H17Cl2N3O4S. The standard InChI is InChI=1S/C11H16ClN3O4S.ClH/c1-7-4-9(15(16)17)11(12)10(5-7)20(18,19)14-6-8(2)13-3;/h4-5,8,13-14H,6H2,1-3H3;1H. The number of aryl methyl sites for hydroxylation is 1. The molecule has 1 rings (SSSR count). The number of hydrogen-bond acceptors (Lipinski definition) is 5. The van der Waals surface area contributed by atoms with E-state index in [9.17, 15) is 18.5 Å². The minimum Gasteiger partial charge on any atom is -0.316 e. The van der Waals surface area contributed by atoms with E-state index in [2.05, 4.69) is 10.0 Å². The van der Waals surface area contributed by atoms with Gasteiger partial charge in [0.15, 0.2) is 0 Å². The smallest absolute Gasteiger partial charge is 0.289 e. The zero-order valence-electron chi connectivity index (χ0n) is 11.7. The quantitative estimate of drug-likeness (QED) is 0.597. The largest absolute Gasteiger partial charge is 0.316 e. The van der Waals surface area contributed by atoms with Crippen LogP contribution >= 0.6 is 24.0 Å². The third kappa shape index (κ3) is 5.08. The second kappa shape index (κ2) is 7.90. The summed E-state index contributed by atoms with van der Waals surface area (Å²) in [5, 5.41) is 13.4. The van der Waals surface area contributed by atoms with Crippen LogP contribution in [0.15, 0.2) is 17.0 Å². The Kier molecular flexibility index (Phi) is 7.55. The van der Waals surface area contributed by atoms with E-state index < -0.39 is 20.6 Å². The topological polar surface area (TPSA) is 101 Å². The third-order valence-electron chi connectivity index (χ3n) is 2.72. The summed E-state index contributed by atoms with van der Waals surface area (Å²) in [4.78, 5) is 9.87. The van der Waals surface area contributed by atoms with Gasteiger partial charge in [-0.05, 0) is 32.5 Å². The molecule has 120 valence electrons. The SMILES string of the molecule is CNC(C)CNS(=O)(=O)c1cc(C)cc([N+](=O)[O-])c1Cl.Cl. The average molecular weight is 358 g/mol. The molecule has 1 aromatic carbocycles. The monoisotopic (exact) mass is 357 g/mol. The molecule has 21 heavy (non-hydrogen) atoms. The van der Waals surface area contributed by atoms with Crippen LogP contribution in [0, 0.1) is 17.0 Å². The van der Waals surface area contributed by atoms with Crippen molar-refractivity contribution in [3.63, 3.8) is 0 Å². The van der Waals surface area contributed by atoms with Gasteiger partial charge in [0.1, 0.15) is 9.92 Å². The molecule has 0 amide bonds. The number of benzene rings is 1. The lowest BCUT2D eigenvalue weighted by Crippen LogP contribution is -2.37. The molecule has 0 aliphatic rings. The van der Waals surface area contributed by atoms with Crippen LogP contribution in [0.5, 0.6) is 0 Å². The number of hydrogen-bond donors (Lipinski definition) is 2. The highest BCUT2D eigenvalue weighted by molar-refractivity contribution is 7.89. The Balaban J connectivity index is 0.00000400. The minimum absolute atomic E-state index is 0. The van der Waals surface area contributed by atoms with Gasteiger partial charge in [-0.1, -0.05) is 11.6 Å². The first-order chi connectivity index (χ1) is 9.19. The number of likely N-dealkylation sites (N-methyl/N-ethyl adjacent to an activating group) is 1. The van der Waals surface area contributed by atoms with E-state index in [1.807, 2.05) is 0 Å². The van der Waals surface area contributed by atoms with Gasteiger partial charge in [0, 0.05) is 18.7 Å². The van der Waals surface area contributed by atoms with Gasteiger partial charge in [0.05, 0.1) is 4.92 Å². The molecule has 1 atom stereocenters. The first-order valence-electron chi connectivity index (χ1n) is 5.80. The van der Waals surface area contributed by atoms with Gasteiger partial charge in [-0.3, -0.25) is 10.1 Å². The Morgan fingerprint density at radius 2 is 2.00 bits per heavy atom. The number of halogens is 2. The lowest BCUT2D eigenvalue weighted by molar-refractivity contribution is -0.385. The van der Waals surface area contributed by atoms with Gasteiger partial charge in [-0.2, -0.15) is 0 Å².